The van der Waals surface area contributed by atoms with Gasteiger partial charge in [0.2, 0.25) is 0 Å². The van der Waals surface area contributed by atoms with Crippen LogP contribution in [0, 0.1) is 6.92 Å². The highest BCUT2D eigenvalue weighted by atomic mass is 16.3. The quantitative estimate of drug-likeness (QED) is 0.748. The molecule has 2 nitrogen and oxygen atoms in total. The van der Waals surface area contributed by atoms with E-state index in [0.717, 1.165) is 24.0 Å². The van der Waals surface area contributed by atoms with Crippen LogP contribution in [0.15, 0.2) is 18.2 Å². The van der Waals surface area contributed by atoms with Crippen molar-refractivity contribution in [1.82, 2.24) is 0 Å². The molecular weight excluding hydrogens is 162 g/mol. The molecule has 0 aliphatic rings. The molecule has 0 aliphatic carbocycles. The number of rotatable bonds is 3. The molecule has 1 aromatic rings. The fourth-order valence-electron chi connectivity index (χ4n) is 1.33. The fraction of sp³-hybridized carbons (Fsp3) is 0.455. The van der Waals surface area contributed by atoms with E-state index in [-0.39, 0.29) is 6.04 Å². The second-order valence-electron chi connectivity index (χ2n) is 3.44. The summed E-state index contributed by atoms with van der Waals surface area (Å²) in [6.07, 6.45) is 2.03. The van der Waals surface area contributed by atoms with Crippen LogP contribution < -0.4 is 5.73 Å². The molecule has 0 radical (unpaired) electrons. The van der Waals surface area contributed by atoms with Crippen LogP contribution >= 0.6 is 0 Å². The van der Waals surface area contributed by atoms with Gasteiger partial charge in [0, 0.05) is 6.04 Å². The Labute approximate surface area is 79.4 Å². The Morgan fingerprint density at radius 2 is 2.15 bits per heavy atom. The molecule has 3 N–H and O–H groups in total. The summed E-state index contributed by atoms with van der Waals surface area (Å²) < 4.78 is 0. The van der Waals surface area contributed by atoms with Crippen molar-refractivity contribution in [2.45, 2.75) is 32.7 Å². The summed E-state index contributed by atoms with van der Waals surface area (Å²) >= 11 is 0. The third-order valence-electron chi connectivity index (χ3n) is 2.26. The van der Waals surface area contributed by atoms with Crippen molar-refractivity contribution in [3.05, 3.63) is 29.3 Å². The summed E-state index contributed by atoms with van der Waals surface area (Å²) in [5.74, 6) is 0.337. The average molecular weight is 179 g/mol. The number of aromatic hydroxyl groups is 1. The molecule has 1 unspecified atom stereocenters. The fourth-order valence-corrected chi connectivity index (χ4v) is 1.33. The molecule has 0 saturated heterocycles. The zero-order valence-electron chi connectivity index (χ0n) is 8.25. The normalized spacial score (nSPS) is 12.8. The van der Waals surface area contributed by atoms with Crippen LogP contribution in [0.4, 0.5) is 0 Å². The van der Waals surface area contributed by atoms with Crippen LogP contribution in [-0.4, -0.2) is 5.11 Å². The van der Waals surface area contributed by atoms with Crippen molar-refractivity contribution in [2.24, 2.45) is 5.73 Å². The molecule has 72 valence electrons. The Bertz CT molecular complexity index is 283. The molecule has 0 saturated carbocycles. The van der Waals surface area contributed by atoms with E-state index in [4.69, 9.17) is 5.73 Å². The van der Waals surface area contributed by atoms with Crippen molar-refractivity contribution in [2.75, 3.05) is 0 Å². The van der Waals surface area contributed by atoms with Crippen molar-refractivity contribution >= 4 is 0 Å². The van der Waals surface area contributed by atoms with Crippen LogP contribution in [-0.2, 0) is 0 Å². The minimum absolute atomic E-state index is 0.0523. The van der Waals surface area contributed by atoms with Crippen LogP contribution in [0.5, 0.6) is 5.75 Å². The van der Waals surface area contributed by atoms with Crippen LogP contribution in [0.25, 0.3) is 0 Å². The monoisotopic (exact) mass is 179 g/mol. The Kier molecular flexibility index (Phi) is 3.32. The number of hydrogen-bond acceptors (Lipinski definition) is 2. The maximum Gasteiger partial charge on any atom is 0.118 e. The number of aryl methyl sites for hydroxylation is 1. The van der Waals surface area contributed by atoms with Crippen molar-refractivity contribution in [1.29, 1.82) is 0 Å². The standard InChI is InChI=1S/C11H17NO/c1-3-4-10(12)9-6-5-8(2)11(13)7-9/h5-7,10,13H,3-4,12H2,1-2H3. The summed E-state index contributed by atoms with van der Waals surface area (Å²) in [5.41, 5.74) is 7.83. The van der Waals surface area contributed by atoms with E-state index >= 15 is 0 Å². The summed E-state index contributed by atoms with van der Waals surface area (Å²) in [6, 6.07) is 5.70. The van der Waals surface area contributed by atoms with Crippen LogP contribution in [0.2, 0.25) is 0 Å². The van der Waals surface area contributed by atoms with Gasteiger partial charge in [0.05, 0.1) is 0 Å². The van der Waals surface area contributed by atoms with Gasteiger partial charge in [-0.1, -0.05) is 25.5 Å². The summed E-state index contributed by atoms with van der Waals surface area (Å²) in [7, 11) is 0. The minimum Gasteiger partial charge on any atom is -0.508 e. The Morgan fingerprint density at radius 3 is 2.69 bits per heavy atom. The topological polar surface area (TPSA) is 46.2 Å². The van der Waals surface area contributed by atoms with Gasteiger partial charge in [0.25, 0.3) is 0 Å². The predicted octanol–water partition coefficient (Wildman–Crippen LogP) is 2.50. The van der Waals surface area contributed by atoms with E-state index in [9.17, 15) is 5.11 Å². The molecule has 0 amide bonds. The van der Waals surface area contributed by atoms with E-state index < -0.39 is 0 Å². The lowest BCUT2D eigenvalue weighted by molar-refractivity contribution is 0.469. The maximum absolute atomic E-state index is 9.46. The molecule has 0 aromatic heterocycles. The highest BCUT2D eigenvalue weighted by Gasteiger charge is 2.06. The summed E-state index contributed by atoms with van der Waals surface area (Å²) in [4.78, 5) is 0. The zero-order valence-corrected chi connectivity index (χ0v) is 8.25. The first-order chi connectivity index (χ1) is 6.15. The van der Waals surface area contributed by atoms with E-state index in [1.54, 1.807) is 6.07 Å². The van der Waals surface area contributed by atoms with E-state index in [1.807, 2.05) is 19.1 Å². The van der Waals surface area contributed by atoms with Gasteiger partial charge < -0.3 is 10.8 Å². The van der Waals surface area contributed by atoms with Crippen LogP contribution in [0.1, 0.15) is 36.9 Å². The lowest BCUT2D eigenvalue weighted by atomic mass is 10.0. The average Bonchev–Trinajstić information content (AvgIpc) is 2.10. The molecule has 0 spiro atoms. The Hall–Kier alpha value is -1.02. The molecular formula is C11H17NO. The molecule has 1 rings (SSSR count). The van der Waals surface area contributed by atoms with Gasteiger partial charge in [-0.3, -0.25) is 0 Å². The number of phenolic OH excluding ortho intramolecular Hbond substituents is 1. The zero-order chi connectivity index (χ0) is 9.84. The number of phenols is 1. The van der Waals surface area contributed by atoms with Crippen molar-refractivity contribution in [3.8, 4) is 5.75 Å². The molecule has 1 atom stereocenters. The SMILES string of the molecule is CCCC(N)c1ccc(C)c(O)c1. The third-order valence-corrected chi connectivity index (χ3v) is 2.26. The van der Waals surface area contributed by atoms with Crippen LogP contribution in [0.3, 0.4) is 0 Å². The molecule has 0 aliphatic heterocycles. The second-order valence-corrected chi connectivity index (χ2v) is 3.44. The lowest BCUT2D eigenvalue weighted by Gasteiger charge is -2.11. The van der Waals surface area contributed by atoms with E-state index in [2.05, 4.69) is 6.92 Å². The Balaban J connectivity index is 2.84. The van der Waals surface area contributed by atoms with Gasteiger partial charge in [0.1, 0.15) is 5.75 Å². The number of benzene rings is 1. The van der Waals surface area contributed by atoms with Gasteiger partial charge in [-0.2, -0.15) is 0 Å². The molecule has 1 aromatic carbocycles. The smallest absolute Gasteiger partial charge is 0.118 e. The van der Waals surface area contributed by atoms with Gasteiger partial charge in [0.15, 0.2) is 0 Å². The highest BCUT2D eigenvalue weighted by Crippen LogP contribution is 2.22. The first-order valence-electron chi connectivity index (χ1n) is 4.70. The summed E-state index contributed by atoms with van der Waals surface area (Å²) in [5, 5.41) is 9.46. The second kappa shape index (κ2) is 4.28. The van der Waals surface area contributed by atoms with Gasteiger partial charge in [-0.15, -0.1) is 0 Å². The van der Waals surface area contributed by atoms with Crippen molar-refractivity contribution < 1.29 is 5.11 Å². The molecule has 0 fully saturated rings. The minimum atomic E-state index is 0.0523. The predicted molar refractivity (Wildman–Crippen MR) is 54.7 cm³/mol. The molecule has 2 heteroatoms. The van der Waals surface area contributed by atoms with E-state index in [1.165, 1.54) is 0 Å². The van der Waals surface area contributed by atoms with E-state index in [0.29, 0.717) is 5.75 Å². The highest BCUT2D eigenvalue weighted by molar-refractivity contribution is 5.36. The van der Waals surface area contributed by atoms with Gasteiger partial charge >= 0.3 is 0 Å². The first-order valence-corrected chi connectivity index (χ1v) is 4.70. The number of nitrogens with two attached hydrogens (primary N) is 1. The molecule has 13 heavy (non-hydrogen) atoms. The van der Waals surface area contributed by atoms with Gasteiger partial charge in [-0.05, 0) is 30.5 Å². The molecule has 0 bridgehead atoms. The van der Waals surface area contributed by atoms with Gasteiger partial charge in [-0.25, -0.2) is 0 Å². The molecule has 0 heterocycles. The number of hydrogen-bond donors (Lipinski definition) is 2. The third kappa shape index (κ3) is 2.46. The largest absolute Gasteiger partial charge is 0.508 e. The maximum atomic E-state index is 9.46. The first kappa shape index (κ1) is 10.1. The van der Waals surface area contributed by atoms with Crippen molar-refractivity contribution in [3.63, 3.8) is 0 Å². The lowest BCUT2D eigenvalue weighted by Crippen LogP contribution is -2.09. The summed E-state index contributed by atoms with van der Waals surface area (Å²) in [6.45, 7) is 3.98. The Morgan fingerprint density at radius 1 is 1.46 bits per heavy atom.